The number of nitrogens with zero attached hydrogens (tertiary/aromatic N) is 1. The zero-order chi connectivity index (χ0) is 13.8. The van der Waals surface area contributed by atoms with Gasteiger partial charge in [0.1, 0.15) is 0 Å². The van der Waals surface area contributed by atoms with Crippen molar-refractivity contribution in [1.82, 2.24) is 15.5 Å². The summed E-state index contributed by atoms with van der Waals surface area (Å²) in [5.74, 6) is 0. The van der Waals surface area contributed by atoms with Crippen molar-refractivity contribution in [2.75, 3.05) is 13.6 Å². The molecule has 1 aliphatic carbocycles. The molecule has 4 heteroatoms. The van der Waals surface area contributed by atoms with Crippen molar-refractivity contribution in [3.05, 3.63) is 0 Å². The normalized spacial score (nSPS) is 24.7. The van der Waals surface area contributed by atoms with Gasteiger partial charge in [0, 0.05) is 24.7 Å². The minimum atomic E-state index is -0.160. The molecule has 0 aromatic carbocycles. The lowest BCUT2D eigenvalue weighted by atomic mass is 9.90. The van der Waals surface area contributed by atoms with E-state index in [1.54, 1.807) is 0 Å². The fourth-order valence-corrected chi connectivity index (χ4v) is 2.53. The fraction of sp³-hybridized carbons (Fsp3) is 0.929. The fourth-order valence-electron chi connectivity index (χ4n) is 2.53. The molecule has 4 nitrogen and oxygen atoms in total. The summed E-state index contributed by atoms with van der Waals surface area (Å²) >= 11 is 0. The summed E-state index contributed by atoms with van der Waals surface area (Å²) in [6.45, 7) is 9.23. The minimum absolute atomic E-state index is 0.0504. The summed E-state index contributed by atoms with van der Waals surface area (Å²) in [6, 6.07) is 1.09. The van der Waals surface area contributed by atoms with Crippen LogP contribution in [-0.2, 0) is 0 Å². The van der Waals surface area contributed by atoms with Crippen LogP contribution in [0.15, 0.2) is 0 Å². The van der Waals surface area contributed by atoms with Gasteiger partial charge in [0.2, 0.25) is 0 Å². The highest BCUT2D eigenvalue weighted by molar-refractivity contribution is 5.75. The Kier molecular flexibility index (Phi) is 5.45. The van der Waals surface area contributed by atoms with Crippen molar-refractivity contribution in [3.63, 3.8) is 0 Å². The van der Waals surface area contributed by atoms with Crippen LogP contribution in [0.5, 0.6) is 0 Å². The summed E-state index contributed by atoms with van der Waals surface area (Å²) in [5, 5.41) is 6.52. The standard InChI is InChI=1S/C14H29N3O/c1-6-15-11-7-9-12(10-8-11)17(5)13(18)16-14(2,3)4/h11-12,15H,6-10H2,1-5H3,(H,16,18). The SMILES string of the molecule is CCNC1CCC(N(C)C(=O)NC(C)(C)C)CC1. The number of hydrogen-bond donors (Lipinski definition) is 2. The Bertz CT molecular complexity index is 265. The third kappa shape index (κ3) is 4.84. The Labute approximate surface area is 111 Å². The van der Waals surface area contributed by atoms with E-state index in [1.807, 2.05) is 32.7 Å². The molecule has 0 radical (unpaired) electrons. The Balaban J connectivity index is 2.40. The van der Waals surface area contributed by atoms with Crippen LogP contribution in [0.25, 0.3) is 0 Å². The van der Waals surface area contributed by atoms with Gasteiger partial charge in [-0.15, -0.1) is 0 Å². The van der Waals surface area contributed by atoms with Crippen molar-refractivity contribution < 1.29 is 4.79 Å². The van der Waals surface area contributed by atoms with E-state index in [1.165, 1.54) is 12.8 Å². The van der Waals surface area contributed by atoms with Gasteiger partial charge in [-0.3, -0.25) is 0 Å². The number of carbonyl (C=O) groups excluding carboxylic acids is 1. The van der Waals surface area contributed by atoms with E-state index < -0.39 is 0 Å². The highest BCUT2D eigenvalue weighted by Crippen LogP contribution is 2.22. The van der Waals surface area contributed by atoms with Gasteiger partial charge in [-0.1, -0.05) is 6.92 Å². The first kappa shape index (κ1) is 15.3. The average molecular weight is 255 g/mol. The Hall–Kier alpha value is -0.770. The maximum Gasteiger partial charge on any atom is 0.317 e. The van der Waals surface area contributed by atoms with Gasteiger partial charge in [-0.05, 0) is 53.0 Å². The maximum atomic E-state index is 12.1. The number of carbonyl (C=O) groups is 1. The van der Waals surface area contributed by atoms with E-state index >= 15 is 0 Å². The molecule has 0 aromatic rings. The second-order valence-electron chi connectivity index (χ2n) is 6.35. The number of amides is 2. The Morgan fingerprint density at radius 2 is 1.78 bits per heavy atom. The summed E-state index contributed by atoms with van der Waals surface area (Å²) < 4.78 is 0. The third-order valence-corrected chi connectivity index (χ3v) is 3.54. The molecule has 0 heterocycles. The van der Waals surface area contributed by atoms with Gasteiger partial charge in [0.15, 0.2) is 0 Å². The van der Waals surface area contributed by atoms with Gasteiger partial charge >= 0.3 is 6.03 Å². The van der Waals surface area contributed by atoms with Crippen LogP contribution in [0.4, 0.5) is 4.79 Å². The van der Waals surface area contributed by atoms with E-state index in [-0.39, 0.29) is 11.6 Å². The first-order chi connectivity index (χ1) is 8.33. The summed E-state index contributed by atoms with van der Waals surface area (Å²) in [5.41, 5.74) is -0.160. The first-order valence-corrected chi connectivity index (χ1v) is 7.12. The van der Waals surface area contributed by atoms with Crippen LogP contribution in [0.2, 0.25) is 0 Å². The monoisotopic (exact) mass is 255 g/mol. The zero-order valence-electron chi connectivity index (χ0n) is 12.5. The summed E-state index contributed by atoms with van der Waals surface area (Å²) in [6.07, 6.45) is 4.55. The van der Waals surface area contributed by atoms with Crippen LogP contribution in [0.1, 0.15) is 53.4 Å². The van der Waals surface area contributed by atoms with Gasteiger partial charge in [0.25, 0.3) is 0 Å². The molecule has 2 amide bonds. The molecule has 0 unspecified atom stereocenters. The highest BCUT2D eigenvalue weighted by atomic mass is 16.2. The number of urea groups is 1. The first-order valence-electron chi connectivity index (χ1n) is 7.12. The molecule has 0 bridgehead atoms. The van der Waals surface area contributed by atoms with Crippen LogP contribution < -0.4 is 10.6 Å². The average Bonchev–Trinajstić information content (AvgIpc) is 2.27. The van der Waals surface area contributed by atoms with E-state index in [2.05, 4.69) is 17.6 Å². The molecule has 18 heavy (non-hydrogen) atoms. The lowest BCUT2D eigenvalue weighted by Crippen LogP contribution is -2.51. The number of rotatable bonds is 3. The van der Waals surface area contributed by atoms with Crippen molar-refractivity contribution in [2.45, 2.75) is 71.0 Å². The molecule has 2 N–H and O–H groups in total. The van der Waals surface area contributed by atoms with E-state index in [9.17, 15) is 4.79 Å². The molecule has 1 fully saturated rings. The van der Waals surface area contributed by atoms with Crippen LogP contribution in [-0.4, -0.2) is 42.1 Å². The predicted molar refractivity (Wildman–Crippen MR) is 75.8 cm³/mol. The van der Waals surface area contributed by atoms with Gasteiger partial charge in [0.05, 0.1) is 0 Å². The second kappa shape index (κ2) is 6.41. The molecular weight excluding hydrogens is 226 g/mol. The van der Waals surface area contributed by atoms with Crippen molar-refractivity contribution >= 4 is 6.03 Å². The number of hydrogen-bond acceptors (Lipinski definition) is 2. The zero-order valence-corrected chi connectivity index (χ0v) is 12.5. The van der Waals surface area contributed by atoms with Crippen molar-refractivity contribution in [1.29, 1.82) is 0 Å². The van der Waals surface area contributed by atoms with Gasteiger partial charge in [-0.25, -0.2) is 4.79 Å². The molecule has 0 aliphatic heterocycles. The van der Waals surface area contributed by atoms with E-state index in [4.69, 9.17) is 0 Å². The van der Waals surface area contributed by atoms with E-state index in [0.717, 1.165) is 19.4 Å². The Morgan fingerprint density at radius 1 is 1.22 bits per heavy atom. The van der Waals surface area contributed by atoms with Crippen molar-refractivity contribution in [3.8, 4) is 0 Å². The predicted octanol–water partition coefficient (Wildman–Crippen LogP) is 2.35. The third-order valence-electron chi connectivity index (χ3n) is 3.54. The molecule has 1 saturated carbocycles. The van der Waals surface area contributed by atoms with Gasteiger partial charge < -0.3 is 15.5 Å². The topological polar surface area (TPSA) is 44.4 Å². The molecule has 1 rings (SSSR count). The minimum Gasteiger partial charge on any atom is -0.333 e. The Morgan fingerprint density at radius 3 is 2.22 bits per heavy atom. The molecule has 0 spiro atoms. The molecular formula is C14H29N3O. The highest BCUT2D eigenvalue weighted by Gasteiger charge is 2.27. The molecule has 1 aliphatic rings. The molecule has 0 saturated heterocycles. The second-order valence-corrected chi connectivity index (χ2v) is 6.35. The van der Waals surface area contributed by atoms with Crippen molar-refractivity contribution in [2.24, 2.45) is 0 Å². The lowest BCUT2D eigenvalue weighted by molar-refractivity contribution is 0.159. The molecule has 106 valence electrons. The number of nitrogens with one attached hydrogen (secondary N) is 2. The molecule has 0 aromatic heterocycles. The smallest absolute Gasteiger partial charge is 0.317 e. The van der Waals surface area contributed by atoms with Crippen LogP contribution >= 0.6 is 0 Å². The van der Waals surface area contributed by atoms with E-state index in [0.29, 0.717) is 12.1 Å². The van der Waals surface area contributed by atoms with Crippen LogP contribution in [0, 0.1) is 0 Å². The summed E-state index contributed by atoms with van der Waals surface area (Å²) in [4.78, 5) is 13.9. The largest absolute Gasteiger partial charge is 0.333 e. The quantitative estimate of drug-likeness (QED) is 0.813. The van der Waals surface area contributed by atoms with Gasteiger partial charge in [-0.2, -0.15) is 0 Å². The maximum absolute atomic E-state index is 12.1. The lowest BCUT2D eigenvalue weighted by Gasteiger charge is -2.36. The van der Waals surface area contributed by atoms with Crippen LogP contribution in [0.3, 0.4) is 0 Å². The summed E-state index contributed by atoms with van der Waals surface area (Å²) in [7, 11) is 1.92. The molecule has 0 atom stereocenters.